The summed E-state index contributed by atoms with van der Waals surface area (Å²) in [5.74, 6) is 2.30. The Bertz CT molecular complexity index is 900. The van der Waals surface area contributed by atoms with Gasteiger partial charge >= 0.3 is 0 Å². The van der Waals surface area contributed by atoms with Gasteiger partial charge in [0.1, 0.15) is 23.0 Å². The number of carbonyl (C=O) groups excluding carboxylic acids is 1. The minimum atomic E-state index is -0.255. The van der Waals surface area contributed by atoms with Gasteiger partial charge in [-0.2, -0.15) is 0 Å². The van der Waals surface area contributed by atoms with E-state index in [1.54, 1.807) is 75.1 Å². The van der Waals surface area contributed by atoms with E-state index in [2.05, 4.69) is 10.3 Å². The lowest BCUT2D eigenvalue weighted by Crippen LogP contribution is -2.12. The number of hydrogen-bond acceptors (Lipinski definition) is 5. The Morgan fingerprint density at radius 1 is 0.889 bits per heavy atom. The number of benzene rings is 2. The van der Waals surface area contributed by atoms with Gasteiger partial charge in [-0.15, -0.1) is 0 Å². The van der Waals surface area contributed by atoms with Gasteiger partial charge in [-0.1, -0.05) is 0 Å². The van der Waals surface area contributed by atoms with Crippen molar-refractivity contribution in [1.82, 2.24) is 4.98 Å². The van der Waals surface area contributed by atoms with Crippen LogP contribution < -0.4 is 19.5 Å². The number of ether oxygens (including phenoxy) is 3. The summed E-state index contributed by atoms with van der Waals surface area (Å²) in [4.78, 5) is 16.5. The smallest absolute Gasteiger partial charge is 0.255 e. The van der Waals surface area contributed by atoms with Crippen molar-refractivity contribution in [2.24, 2.45) is 0 Å². The predicted molar refractivity (Wildman–Crippen MR) is 103 cm³/mol. The number of amides is 1. The number of aromatic nitrogens is 1. The summed E-state index contributed by atoms with van der Waals surface area (Å²) < 4.78 is 16.4. The summed E-state index contributed by atoms with van der Waals surface area (Å²) in [6.07, 6.45) is 3.32. The molecule has 1 amide bonds. The maximum atomic E-state index is 12.6. The summed E-state index contributed by atoms with van der Waals surface area (Å²) in [5.41, 5.74) is 1.95. The number of pyridine rings is 1. The molecule has 0 bridgehead atoms. The fraction of sp³-hybridized carbons (Fsp3) is 0.143. The van der Waals surface area contributed by atoms with E-state index < -0.39 is 0 Å². The van der Waals surface area contributed by atoms with Crippen LogP contribution in [0.1, 0.15) is 15.9 Å². The first-order chi connectivity index (χ1) is 13.1. The van der Waals surface area contributed by atoms with E-state index in [1.165, 1.54) is 0 Å². The molecular weight excluding hydrogens is 344 g/mol. The van der Waals surface area contributed by atoms with Crippen molar-refractivity contribution >= 4 is 11.6 Å². The van der Waals surface area contributed by atoms with Crippen molar-refractivity contribution in [2.45, 2.75) is 6.92 Å². The first kappa shape index (κ1) is 18.3. The van der Waals surface area contributed by atoms with Gasteiger partial charge in [0.15, 0.2) is 0 Å². The Morgan fingerprint density at radius 2 is 1.44 bits per heavy atom. The molecule has 1 heterocycles. The fourth-order valence-electron chi connectivity index (χ4n) is 2.57. The number of methoxy groups -OCH3 is 2. The molecule has 2 aromatic carbocycles. The molecule has 0 saturated carbocycles. The molecular formula is C21H20N2O4. The molecule has 6 heteroatoms. The Kier molecular flexibility index (Phi) is 5.56. The minimum absolute atomic E-state index is 0.255. The highest BCUT2D eigenvalue weighted by atomic mass is 16.5. The number of rotatable bonds is 6. The zero-order valence-corrected chi connectivity index (χ0v) is 15.4. The lowest BCUT2D eigenvalue weighted by Gasteiger charge is -2.13. The molecule has 138 valence electrons. The maximum absolute atomic E-state index is 12.6. The molecule has 6 nitrogen and oxygen atoms in total. The van der Waals surface area contributed by atoms with Crippen molar-refractivity contribution in [1.29, 1.82) is 0 Å². The number of carbonyl (C=O) groups is 1. The fourth-order valence-corrected chi connectivity index (χ4v) is 2.57. The molecule has 0 spiro atoms. The predicted octanol–water partition coefficient (Wildman–Crippen LogP) is 4.45. The molecule has 0 aliphatic heterocycles. The third-order valence-corrected chi connectivity index (χ3v) is 4.01. The second kappa shape index (κ2) is 8.23. The van der Waals surface area contributed by atoms with Gasteiger partial charge in [-0.05, 0) is 55.5 Å². The summed E-state index contributed by atoms with van der Waals surface area (Å²) in [7, 11) is 3.12. The van der Waals surface area contributed by atoms with Crippen LogP contribution in [0.15, 0.2) is 60.9 Å². The van der Waals surface area contributed by atoms with Crippen molar-refractivity contribution in [3.05, 3.63) is 72.1 Å². The van der Waals surface area contributed by atoms with Gasteiger partial charge in [0, 0.05) is 29.2 Å². The molecule has 0 atom stereocenters. The average molecular weight is 364 g/mol. The topological polar surface area (TPSA) is 69.7 Å². The molecule has 0 aliphatic rings. The van der Waals surface area contributed by atoms with E-state index in [9.17, 15) is 4.79 Å². The van der Waals surface area contributed by atoms with Crippen LogP contribution in [0.5, 0.6) is 23.0 Å². The molecule has 0 fully saturated rings. The molecule has 3 aromatic rings. The van der Waals surface area contributed by atoms with Gasteiger partial charge in [0.05, 0.1) is 14.2 Å². The van der Waals surface area contributed by atoms with Crippen LogP contribution in [-0.4, -0.2) is 25.1 Å². The van der Waals surface area contributed by atoms with E-state index in [0.717, 1.165) is 5.56 Å². The zero-order valence-electron chi connectivity index (χ0n) is 15.4. The van der Waals surface area contributed by atoms with E-state index in [4.69, 9.17) is 14.2 Å². The Labute approximate surface area is 157 Å². The van der Waals surface area contributed by atoms with Crippen molar-refractivity contribution in [3.63, 3.8) is 0 Å². The summed E-state index contributed by atoms with van der Waals surface area (Å²) in [6.45, 7) is 1.88. The standard InChI is InChI=1S/C21H20N2O4/c1-14-19(25-2)12-15(13-20(14)26-3)21(24)23-16-4-6-17(7-5-16)27-18-8-10-22-11-9-18/h4-13H,1-3H3,(H,23,24). The summed E-state index contributed by atoms with van der Waals surface area (Å²) in [5, 5.41) is 2.86. The van der Waals surface area contributed by atoms with Crippen LogP contribution in [0, 0.1) is 6.92 Å². The highest BCUT2D eigenvalue weighted by molar-refractivity contribution is 6.05. The van der Waals surface area contributed by atoms with Crippen LogP contribution in [0.4, 0.5) is 5.69 Å². The lowest BCUT2D eigenvalue weighted by molar-refractivity contribution is 0.102. The summed E-state index contributed by atoms with van der Waals surface area (Å²) >= 11 is 0. The SMILES string of the molecule is COc1cc(C(=O)Nc2ccc(Oc3ccncc3)cc2)cc(OC)c1C. The number of nitrogens with zero attached hydrogens (tertiary/aromatic N) is 1. The Morgan fingerprint density at radius 3 is 2.00 bits per heavy atom. The molecule has 3 rings (SSSR count). The Balaban J connectivity index is 1.73. The van der Waals surface area contributed by atoms with Gasteiger partial charge < -0.3 is 19.5 Å². The summed E-state index contributed by atoms with van der Waals surface area (Å²) in [6, 6.07) is 14.0. The van der Waals surface area contributed by atoms with Gasteiger partial charge in [0.25, 0.3) is 5.91 Å². The van der Waals surface area contributed by atoms with Gasteiger partial charge in [-0.25, -0.2) is 0 Å². The number of hydrogen-bond donors (Lipinski definition) is 1. The normalized spacial score (nSPS) is 10.2. The zero-order chi connectivity index (χ0) is 19.2. The van der Waals surface area contributed by atoms with E-state index in [1.807, 2.05) is 6.92 Å². The molecule has 0 unspecified atom stereocenters. The minimum Gasteiger partial charge on any atom is -0.496 e. The van der Waals surface area contributed by atoms with Crippen LogP contribution in [0.25, 0.3) is 0 Å². The third kappa shape index (κ3) is 4.36. The highest BCUT2D eigenvalue weighted by Gasteiger charge is 2.14. The molecule has 1 N–H and O–H groups in total. The van der Waals surface area contributed by atoms with E-state index in [-0.39, 0.29) is 5.91 Å². The van der Waals surface area contributed by atoms with Crippen molar-refractivity contribution in [3.8, 4) is 23.0 Å². The van der Waals surface area contributed by atoms with Crippen LogP contribution in [0.3, 0.4) is 0 Å². The lowest BCUT2D eigenvalue weighted by atomic mass is 10.1. The third-order valence-electron chi connectivity index (χ3n) is 4.01. The molecule has 27 heavy (non-hydrogen) atoms. The van der Waals surface area contributed by atoms with Gasteiger partial charge in [0.2, 0.25) is 0 Å². The number of anilines is 1. The number of nitrogens with one attached hydrogen (secondary N) is 1. The first-order valence-corrected chi connectivity index (χ1v) is 8.32. The first-order valence-electron chi connectivity index (χ1n) is 8.32. The second-order valence-corrected chi connectivity index (χ2v) is 5.77. The van der Waals surface area contributed by atoms with Crippen LogP contribution in [0.2, 0.25) is 0 Å². The van der Waals surface area contributed by atoms with Crippen LogP contribution >= 0.6 is 0 Å². The van der Waals surface area contributed by atoms with Crippen molar-refractivity contribution in [2.75, 3.05) is 19.5 Å². The average Bonchev–Trinajstić information content (AvgIpc) is 2.70. The molecule has 0 radical (unpaired) electrons. The maximum Gasteiger partial charge on any atom is 0.255 e. The second-order valence-electron chi connectivity index (χ2n) is 5.77. The molecule has 0 saturated heterocycles. The molecule has 0 aliphatic carbocycles. The Hall–Kier alpha value is -3.54. The molecule has 1 aromatic heterocycles. The monoisotopic (exact) mass is 364 g/mol. The van der Waals surface area contributed by atoms with E-state index >= 15 is 0 Å². The van der Waals surface area contributed by atoms with Crippen LogP contribution in [-0.2, 0) is 0 Å². The highest BCUT2D eigenvalue weighted by Crippen LogP contribution is 2.30. The largest absolute Gasteiger partial charge is 0.496 e. The van der Waals surface area contributed by atoms with E-state index in [0.29, 0.717) is 34.2 Å². The van der Waals surface area contributed by atoms with Gasteiger partial charge in [-0.3, -0.25) is 9.78 Å². The van der Waals surface area contributed by atoms with Crippen molar-refractivity contribution < 1.29 is 19.0 Å². The quantitative estimate of drug-likeness (QED) is 0.700.